The second-order valence-electron chi connectivity index (χ2n) is 12.0. The van der Waals surface area contributed by atoms with Crippen LogP contribution in [0.4, 0.5) is 24.5 Å². The maximum Gasteiger partial charge on any atom is 0.412 e. The molecule has 4 aromatic rings. The summed E-state index contributed by atoms with van der Waals surface area (Å²) in [7, 11) is 0. The number of benzene rings is 1. The van der Waals surface area contributed by atoms with Gasteiger partial charge in [0.15, 0.2) is 11.6 Å². The molecule has 2 aliphatic heterocycles. The molecule has 2 N–H and O–H groups in total. The summed E-state index contributed by atoms with van der Waals surface area (Å²) >= 11 is 0.863. The van der Waals surface area contributed by atoms with Gasteiger partial charge in [-0.25, -0.2) is 23.5 Å². The summed E-state index contributed by atoms with van der Waals surface area (Å²) < 4.78 is 43.0. The van der Waals surface area contributed by atoms with Gasteiger partial charge in [-0.1, -0.05) is 13.8 Å². The van der Waals surface area contributed by atoms with Gasteiger partial charge in [0.25, 0.3) is 0 Å². The Bertz CT molecular complexity index is 1810. The van der Waals surface area contributed by atoms with E-state index in [9.17, 15) is 10.1 Å². The number of carbonyl (C=O) groups is 1. The maximum atomic E-state index is 16.7. The lowest BCUT2D eigenvalue weighted by Crippen LogP contribution is -2.37. The molecule has 224 valence electrons. The highest BCUT2D eigenvalue weighted by Crippen LogP contribution is 2.46. The van der Waals surface area contributed by atoms with Crippen molar-refractivity contribution in [3.63, 3.8) is 0 Å². The van der Waals surface area contributed by atoms with E-state index >= 15 is 8.78 Å². The summed E-state index contributed by atoms with van der Waals surface area (Å²) in [6.45, 7) is 11.0. The van der Waals surface area contributed by atoms with Gasteiger partial charge in [0.1, 0.15) is 22.2 Å². The van der Waals surface area contributed by atoms with Crippen LogP contribution in [0.1, 0.15) is 57.7 Å². The van der Waals surface area contributed by atoms with Crippen LogP contribution in [-0.2, 0) is 22.7 Å². The molecule has 2 aliphatic rings. The van der Waals surface area contributed by atoms with Crippen molar-refractivity contribution < 1.29 is 23.0 Å². The Hall–Kier alpha value is -3.99. The molecule has 0 bridgehead atoms. The Morgan fingerprint density at radius 1 is 1.23 bits per heavy atom. The first-order valence-corrected chi connectivity index (χ1v) is 14.9. The molecule has 1 unspecified atom stereocenters. The van der Waals surface area contributed by atoms with Crippen LogP contribution >= 0.6 is 11.3 Å². The number of amides is 1. The summed E-state index contributed by atoms with van der Waals surface area (Å²) in [5.74, 6) is -0.940. The predicted octanol–water partition coefficient (Wildman–Crippen LogP) is 6.01. The average molecular weight is 608 g/mol. The Kier molecular flexibility index (Phi) is 7.40. The molecule has 6 rings (SSSR count). The Balaban J connectivity index is 1.50. The first kappa shape index (κ1) is 29.1. The predicted molar refractivity (Wildman–Crippen MR) is 160 cm³/mol. The molecule has 10 nitrogen and oxygen atoms in total. The van der Waals surface area contributed by atoms with Crippen molar-refractivity contribution in [3.05, 3.63) is 40.7 Å². The van der Waals surface area contributed by atoms with Gasteiger partial charge in [-0.2, -0.15) is 5.26 Å². The highest BCUT2D eigenvalue weighted by Gasteiger charge is 2.32. The van der Waals surface area contributed by atoms with Crippen molar-refractivity contribution in [2.75, 3.05) is 23.3 Å². The van der Waals surface area contributed by atoms with E-state index in [2.05, 4.69) is 45.5 Å². The van der Waals surface area contributed by atoms with E-state index < -0.39 is 23.3 Å². The molecule has 1 aromatic carbocycles. The molecule has 1 atom stereocenters. The van der Waals surface area contributed by atoms with Crippen LogP contribution in [0.25, 0.3) is 32.2 Å². The third-order valence-electron chi connectivity index (χ3n) is 7.36. The number of fused-ring (bicyclic) bond motifs is 4. The molecule has 43 heavy (non-hydrogen) atoms. The number of rotatable bonds is 5. The molecular weight excluding hydrogens is 576 g/mol. The van der Waals surface area contributed by atoms with Gasteiger partial charge < -0.3 is 19.7 Å². The van der Waals surface area contributed by atoms with E-state index in [1.54, 1.807) is 27.0 Å². The van der Waals surface area contributed by atoms with Crippen LogP contribution in [0.2, 0.25) is 0 Å². The SMILES string of the molecule is CC(C)NC1CCN(c2ncc3c4c(c(-c5ncc(F)c6sc(NC(=O)OC(C)(C)C)c(C#N)c56)c(F)c3n2)COC4)C1. The van der Waals surface area contributed by atoms with Gasteiger partial charge in [0.05, 0.1) is 35.4 Å². The van der Waals surface area contributed by atoms with Crippen LogP contribution in [0.3, 0.4) is 0 Å². The smallest absolute Gasteiger partial charge is 0.412 e. The number of carbonyl (C=O) groups excluding carboxylic acids is 1. The molecule has 0 aliphatic carbocycles. The number of hydrogen-bond acceptors (Lipinski definition) is 10. The van der Waals surface area contributed by atoms with Crippen LogP contribution in [0.5, 0.6) is 0 Å². The molecule has 1 amide bonds. The zero-order chi connectivity index (χ0) is 30.6. The normalized spacial score (nSPS) is 16.7. The van der Waals surface area contributed by atoms with Gasteiger partial charge in [0, 0.05) is 47.7 Å². The van der Waals surface area contributed by atoms with Gasteiger partial charge in [-0.3, -0.25) is 10.3 Å². The number of hydrogen-bond donors (Lipinski definition) is 2. The largest absolute Gasteiger partial charge is 0.444 e. The fraction of sp³-hybridized carbons (Fsp3) is 0.433. The van der Waals surface area contributed by atoms with E-state index in [4.69, 9.17) is 9.47 Å². The number of aromatic nitrogens is 3. The molecule has 1 fully saturated rings. The molecule has 0 radical (unpaired) electrons. The van der Waals surface area contributed by atoms with E-state index in [0.29, 0.717) is 29.5 Å². The number of anilines is 2. The van der Waals surface area contributed by atoms with Crippen LogP contribution in [-0.4, -0.2) is 51.8 Å². The van der Waals surface area contributed by atoms with Crippen molar-refractivity contribution in [1.82, 2.24) is 20.3 Å². The van der Waals surface area contributed by atoms with Crippen LogP contribution in [0.15, 0.2) is 12.4 Å². The van der Waals surface area contributed by atoms with E-state index in [1.165, 1.54) is 0 Å². The Morgan fingerprint density at radius 3 is 2.72 bits per heavy atom. The third kappa shape index (κ3) is 5.35. The summed E-state index contributed by atoms with van der Waals surface area (Å²) in [6, 6.07) is 2.66. The van der Waals surface area contributed by atoms with E-state index in [0.717, 1.165) is 36.1 Å². The van der Waals surface area contributed by atoms with Crippen molar-refractivity contribution in [1.29, 1.82) is 5.26 Å². The number of ether oxygens (including phenoxy) is 2. The fourth-order valence-corrected chi connectivity index (χ4v) is 6.74. The van der Waals surface area contributed by atoms with Crippen molar-refractivity contribution in [2.45, 2.75) is 71.9 Å². The molecular formula is C30H31F2N7O3S. The second-order valence-corrected chi connectivity index (χ2v) is 13.0. The number of halogens is 2. The summed E-state index contributed by atoms with van der Waals surface area (Å²) in [4.78, 5) is 28.1. The lowest BCUT2D eigenvalue weighted by Gasteiger charge is -2.19. The lowest BCUT2D eigenvalue weighted by atomic mass is 9.94. The number of pyridine rings is 1. The monoisotopic (exact) mass is 607 g/mol. The highest BCUT2D eigenvalue weighted by molar-refractivity contribution is 7.23. The van der Waals surface area contributed by atoms with Gasteiger partial charge in [-0.05, 0) is 38.3 Å². The van der Waals surface area contributed by atoms with E-state index in [-0.39, 0.29) is 56.7 Å². The van der Waals surface area contributed by atoms with Crippen molar-refractivity contribution in [2.24, 2.45) is 0 Å². The number of nitriles is 1. The topological polar surface area (TPSA) is 125 Å². The molecule has 0 spiro atoms. The van der Waals surface area contributed by atoms with Gasteiger partial charge in [-0.15, -0.1) is 11.3 Å². The van der Waals surface area contributed by atoms with Gasteiger partial charge in [0.2, 0.25) is 5.95 Å². The minimum absolute atomic E-state index is 0.0378. The van der Waals surface area contributed by atoms with Gasteiger partial charge >= 0.3 is 6.09 Å². The minimum atomic E-state index is -0.798. The highest BCUT2D eigenvalue weighted by atomic mass is 32.1. The first-order chi connectivity index (χ1) is 20.4. The Labute approximate surface area is 251 Å². The Morgan fingerprint density at radius 2 is 2.00 bits per heavy atom. The molecule has 3 aromatic heterocycles. The first-order valence-electron chi connectivity index (χ1n) is 14.0. The zero-order valence-corrected chi connectivity index (χ0v) is 25.3. The minimum Gasteiger partial charge on any atom is -0.444 e. The summed E-state index contributed by atoms with van der Waals surface area (Å²) in [5, 5.41) is 16.9. The number of thiophene rings is 1. The maximum absolute atomic E-state index is 16.7. The molecule has 0 saturated carbocycles. The fourth-order valence-electron chi connectivity index (χ4n) is 5.70. The van der Waals surface area contributed by atoms with E-state index in [1.807, 2.05) is 4.90 Å². The zero-order valence-electron chi connectivity index (χ0n) is 24.5. The average Bonchev–Trinajstić information content (AvgIpc) is 3.67. The summed E-state index contributed by atoms with van der Waals surface area (Å²) in [6.07, 6.45) is 2.74. The number of nitrogens with one attached hydrogen (secondary N) is 2. The molecule has 1 saturated heterocycles. The van der Waals surface area contributed by atoms with Crippen molar-refractivity contribution in [3.8, 4) is 17.3 Å². The molecule has 5 heterocycles. The standard InChI is InChI=1S/C30H31F2N7O3S/c1-14(2)36-15-6-7-39(11-15)28-35-9-17-18-12-41-13-19(18)21(23(32)24(17)37-28)25-22-16(8-33)27(38-29(40)42-30(3,4)5)43-26(22)20(31)10-34-25/h9-10,14-15,36H,6-7,11-13H2,1-5H3,(H,38,40). The third-order valence-corrected chi connectivity index (χ3v) is 8.47. The molecule has 13 heteroatoms. The van der Waals surface area contributed by atoms with Crippen molar-refractivity contribution >= 4 is 49.4 Å². The van der Waals surface area contributed by atoms with Crippen LogP contribution in [0, 0.1) is 23.0 Å². The number of nitrogens with zero attached hydrogens (tertiary/aromatic N) is 5. The quantitative estimate of drug-likeness (QED) is 0.281. The van der Waals surface area contributed by atoms with Crippen LogP contribution < -0.4 is 15.5 Å². The summed E-state index contributed by atoms with van der Waals surface area (Å²) in [5.41, 5.74) is 0.703. The second kappa shape index (κ2) is 10.9. The lowest BCUT2D eigenvalue weighted by molar-refractivity contribution is 0.0636.